The third kappa shape index (κ3) is 5.95. The number of rotatable bonds is 11. The van der Waals surface area contributed by atoms with Gasteiger partial charge in [-0.05, 0) is 56.5 Å². The largest absolute Gasteiger partial charge is 0.485 e. The predicted octanol–water partition coefficient (Wildman–Crippen LogP) is 4.41. The molecule has 0 bridgehead atoms. The number of ether oxygens (including phenoxy) is 2. The number of benzene rings is 2. The van der Waals surface area contributed by atoms with Gasteiger partial charge in [0.25, 0.3) is 6.01 Å². The highest BCUT2D eigenvalue weighted by Crippen LogP contribution is 2.23. The first-order chi connectivity index (χ1) is 14.0. The fourth-order valence-corrected chi connectivity index (χ4v) is 3.20. The molecule has 0 atom stereocenters. The van der Waals surface area contributed by atoms with Crippen LogP contribution in [0.1, 0.15) is 32.8 Å². The van der Waals surface area contributed by atoms with E-state index < -0.39 is 5.60 Å². The van der Waals surface area contributed by atoms with Crippen molar-refractivity contribution in [3.63, 3.8) is 0 Å². The van der Waals surface area contributed by atoms with E-state index in [0.717, 1.165) is 42.8 Å². The van der Waals surface area contributed by atoms with Crippen LogP contribution in [0.25, 0.3) is 11.1 Å². The van der Waals surface area contributed by atoms with Crippen molar-refractivity contribution >= 4 is 17.1 Å². The monoisotopic (exact) mass is 398 g/mol. The van der Waals surface area contributed by atoms with Gasteiger partial charge in [-0.3, -0.25) is 0 Å². The number of nitrogens with zero attached hydrogens (tertiary/aromatic N) is 2. The number of hydrogen-bond acceptors (Lipinski definition) is 6. The Morgan fingerprint density at radius 3 is 2.52 bits per heavy atom. The Morgan fingerprint density at radius 2 is 1.83 bits per heavy atom. The summed E-state index contributed by atoms with van der Waals surface area (Å²) in [5.41, 5.74) is 2.42. The van der Waals surface area contributed by atoms with E-state index in [2.05, 4.69) is 28.9 Å². The fraction of sp³-hybridized carbons (Fsp3) is 0.435. The van der Waals surface area contributed by atoms with Crippen LogP contribution in [0.15, 0.2) is 52.9 Å². The van der Waals surface area contributed by atoms with Crippen LogP contribution < -0.4 is 9.64 Å². The molecule has 0 unspecified atom stereocenters. The highest BCUT2D eigenvalue weighted by Gasteiger charge is 2.20. The van der Waals surface area contributed by atoms with Crippen molar-refractivity contribution in [2.24, 2.45) is 0 Å². The molecule has 0 fully saturated rings. The topological polar surface area (TPSA) is 68.0 Å². The molecule has 3 rings (SSSR count). The minimum absolute atomic E-state index is 0.305. The van der Waals surface area contributed by atoms with Crippen LogP contribution in [0.2, 0.25) is 0 Å². The Kier molecular flexibility index (Phi) is 7.12. The summed E-state index contributed by atoms with van der Waals surface area (Å²) in [6, 6.07) is 16.6. The molecule has 3 aromatic rings. The third-order valence-electron chi connectivity index (χ3n) is 4.58. The van der Waals surface area contributed by atoms with Crippen LogP contribution in [0, 0.1) is 0 Å². The average molecular weight is 399 g/mol. The Morgan fingerprint density at radius 1 is 1.07 bits per heavy atom. The second-order valence-corrected chi connectivity index (χ2v) is 7.68. The number of para-hydroxylation sites is 2. The lowest BCUT2D eigenvalue weighted by molar-refractivity contribution is -0.0635. The lowest BCUT2D eigenvalue weighted by Crippen LogP contribution is -2.34. The smallest absolute Gasteiger partial charge is 0.298 e. The van der Waals surface area contributed by atoms with Crippen molar-refractivity contribution in [2.45, 2.75) is 39.2 Å². The molecule has 0 aliphatic heterocycles. The molecule has 1 N–H and O–H groups in total. The van der Waals surface area contributed by atoms with Gasteiger partial charge >= 0.3 is 0 Å². The molecule has 1 aromatic heterocycles. The molecule has 0 radical (unpaired) electrons. The van der Waals surface area contributed by atoms with Gasteiger partial charge in [0, 0.05) is 13.1 Å². The number of anilines is 1. The van der Waals surface area contributed by atoms with E-state index >= 15 is 0 Å². The van der Waals surface area contributed by atoms with E-state index in [1.165, 1.54) is 5.56 Å². The van der Waals surface area contributed by atoms with E-state index in [9.17, 15) is 0 Å². The van der Waals surface area contributed by atoms with Crippen LogP contribution in [0.5, 0.6) is 5.75 Å². The van der Waals surface area contributed by atoms with Crippen molar-refractivity contribution in [1.29, 1.82) is 0 Å². The maximum Gasteiger partial charge on any atom is 0.298 e. The van der Waals surface area contributed by atoms with Crippen molar-refractivity contribution in [3.05, 3.63) is 54.1 Å². The van der Waals surface area contributed by atoms with E-state index in [1.807, 2.05) is 50.2 Å². The Labute approximate surface area is 172 Å². The predicted molar refractivity (Wildman–Crippen MR) is 114 cm³/mol. The molecule has 0 spiro atoms. The molecular weight excluding hydrogens is 368 g/mol. The number of hydrogen-bond donors (Lipinski definition) is 1. The van der Waals surface area contributed by atoms with Crippen molar-refractivity contribution in [1.82, 2.24) is 4.98 Å². The average Bonchev–Trinajstić information content (AvgIpc) is 3.14. The van der Waals surface area contributed by atoms with Gasteiger partial charge in [-0.15, -0.1) is 0 Å². The molecule has 6 nitrogen and oxygen atoms in total. The minimum Gasteiger partial charge on any atom is -0.485 e. The van der Waals surface area contributed by atoms with E-state index in [1.54, 1.807) is 0 Å². The van der Waals surface area contributed by atoms with Crippen molar-refractivity contribution in [3.8, 4) is 5.75 Å². The standard InChI is InChI=1S/C23H30N2O4/c1-4-14-25(22-24-20-7-5-6-8-21(20)28-22)15-13-18-9-11-19(12-10-18)29-23(2,3)16-27-17-26/h5-12,26H,4,13-17H2,1-3H3. The summed E-state index contributed by atoms with van der Waals surface area (Å²) < 4.78 is 17.0. The van der Waals surface area contributed by atoms with Crippen LogP contribution in [0.4, 0.5) is 6.01 Å². The molecule has 1 heterocycles. The molecule has 29 heavy (non-hydrogen) atoms. The lowest BCUT2D eigenvalue weighted by Gasteiger charge is -2.26. The normalized spacial score (nSPS) is 11.7. The molecule has 156 valence electrons. The Hall–Kier alpha value is -2.57. The summed E-state index contributed by atoms with van der Waals surface area (Å²) in [5.74, 6) is 0.782. The zero-order valence-electron chi connectivity index (χ0n) is 17.4. The molecule has 6 heteroatoms. The molecule has 0 aliphatic carbocycles. The van der Waals surface area contributed by atoms with Gasteiger partial charge in [0.15, 0.2) is 5.58 Å². The number of aliphatic hydroxyl groups is 1. The van der Waals surface area contributed by atoms with Gasteiger partial charge in [-0.1, -0.05) is 31.2 Å². The number of oxazole rings is 1. The summed E-state index contributed by atoms with van der Waals surface area (Å²) in [7, 11) is 0. The summed E-state index contributed by atoms with van der Waals surface area (Å²) in [6.45, 7) is 7.76. The van der Waals surface area contributed by atoms with Crippen LogP contribution in [-0.2, 0) is 11.2 Å². The van der Waals surface area contributed by atoms with E-state index in [-0.39, 0.29) is 6.79 Å². The summed E-state index contributed by atoms with van der Waals surface area (Å²) in [6.07, 6.45) is 1.91. The minimum atomic E-state index is -0.505. The molecule has 2 aromatic carbocycles. The second kappa shape index (κ2) is 9.76. The zero-order valence-corrected chi connectivity index (χ0v) is 17.4. The van der Waals surface area contributed by atoms with Gasteiger partial charge in [0.1, 0.15) is 23.7 Å². The van der Waals surface area contributed by atoms with Crippen LogP contribution >= 0.6 is 0 Å². The number of fused-ring (bicyclic) bond motifs is 1. The van der Waals surface area contributed by atoms with Gasteiger partial charge in [0.2, 0.25) is 0 Å². The summed E-state index contributed by atoms with van der Waals surface area (Å²) in [4.78, 5) is 6.83. The fourth-order valence-electron chi connectivity index (χ4n) is 3.20. The molecular formula is C23H30N2O4. The number of aliphatic hydroxyl groups excluding tert-OH is 1. The zero-order chi connectivity index (χ0) is 20.7. The molecule has 0 amide bonds. The molecule has 0 saturated carbocycles. The van der Waals surface area contributed by atoms with E-state index in [4.69, 9.17) is 19.0 Å². The van der Waals surface area contributed by atoms with Crippen molar-refractivity contribution in [2.75, 3.05) is 31.4 Å². The number of aromatic nitrogens is 1. The van der Waals surface area contributed by atoms with Crippen molar-refractivity contribution < 1.29 is 19.0 Å². The maximum atomic E-state index is 8.80. The summed E-state index contributed by atoms with van der Waals surface area (Å²) in [5, 5.41) is 8.80. The Bertz CT molecular complexity index is 856. The molecule has 0 aliphatic rings. The SMILES string of the molecule is CCCN(CCc1ccc(OC(C)(C)COCO)cc1)c1nc2ccccc2o1. The van der Waals surface area contributed by atoms with Gasteiger partial charge in [-0.2, -0.15) is 4.98 Å². The van der Waals surface area contributed by atoms with E-state index in [0.29, 0.717) is 12.6 Å². The van der Waals surface area contributed by atoms with Crippen LogP contribution in [0.3, 0.4) is 0 Å². The second-order valence-electron chi connectivity index (χ2n) is 7.68. The first-order valence-corrected chi connectivity index (χ1v) is 10.1. The molecule has 0 saturated heterocycles. The van der Waals surface area contributed by atoms with Crippen LogP contribution in [-0.4, -0.2) is 42.2 Å². The van der Waals surface area contributed by atoms with Gasteiger partial charge in [0.05, 0.1) is 6.61 Å². The quantitative estimate of drug-likeness (QED) is 0.483. The lowest BCUT2D eigenvalue weighted by atomic mass is 10.1. The van der Waals surface area contributed by atoms with Gasteiger partial charge in [-0.25, -0.2) is 0 Å². The highest BCUT2D eigenvalue weighted by atomic mass is 16.6. The Balaban J connectivity index is 1.61. The third-order valence-corrected chi connectivity index (χ3v) is 4.58. The maximum absolute atomic E-state index is 8.80. The first kappa shape index (κ1) is 21.1. The highest BCUT2D eigenvalue weighted by molar-refractivity contribution is 5.74. The van der Waals surface area contributed by atoms with Gasteiger partial charge < -0.3 is 23.9 Å². The summed E-state index contributed by atoms with van der Waals surface area (Å²) >= 11 is 0. The first-order valence-electron chi connectivity index (χ1n) is 10.1.